The number of rotatable bonds is 3. The summed E-state index contributed by atoms with van der Waals surface area (Å²) in [4.78, 5) is 13.1. The number of anilines is 1. The monoisotopic (exact) mass is 353 g/mol. The zero-order valence-electron chi connectivity index (χ0n) is 16.2. The third-order valence-electron chi connectivity index (χ3n) is 4.81. The second kappa shape index (κ2) is 6.67. The Morgan fingerprint density at radius 1 is 0.923 bits per heavy atom. The second-order valence-electron chi connectivity index (χ2n) is 8.23. The molecular weight excluding hydrogens is 326 g/mol. The van der Waals surface area contributed by atoms with E-state index in [1.807, 2.05) is 50.2 Å². The molecule has 1 heterocycles. The van der Waals surface area contributed by atoms with Gasteiger partial charge in [0.05, 0.1) is 5.41 Å². The zero-order chi connectivity index (χ0) is 18.9. The molecule has 1 amide bonds. The molecule has 0 saturated carbocycles. The average Bonchev–Trinajstić information content (AvgIpc) is 2.60. The van der Waals surface area contributed by atoms with Gasteiger partial charge in [0.1, 0.15) is 13.2 Å². The molecule has 0 unspecified atom stereocenters. The fourth-order valence-corrected chi connectivity index (χ4v) is 3.09. The van der Waals surface area contributed by atoms with Gasteiger partial charge in [-0.25, -0.2) is 0 Å². The van der Waals surface area contributed by atoms with Crippen LogP contribution in [0, 0.1) is 0 Å². The fourth-order valence-electron chi connectivity index (χ4n) is 3.09. The minimum atomic E-state index is -0.708. The van der Waals surface area contributed by atoms with Gasteiger partial charge in [0.2, 0.25) is 5.91 Å². The normalized spacial score (nSPS) is 14.0. The van der Waals surface area contributed by atoms with Crippen molar-refractivity contribution >= 4 is 11.6 Å². The topological polar surface area (TPSA) is 47.6 Å². The highest BCUT2D eigenvalue weighted by atomic mass is 16.6. The first-order chi connectivity index (χ1) is 12.2. The Kier molecular flexibility index (Phi) is 4.70. The number of fused-ring (bicyclic) bond motifs is 1. The van der Waals surface area contributed by atoms with E-state index in [1.54, 1.807) is 0 Å². The predicted molar refractivity (Wildman–Crippen MR) is 104 cm³/mol. The smallest absolute Gasteiger partial charge is 0.234 e. The van der Waals surface area contributed by atoms with Crippen LogP contribution in [0.3, 0.4) is 0 Å². The van der Waals surface area contributed by atoms with Crippen LogP contribution in [0.4, 0.5) is 5.69 Å². The van der Waals surface area contributed by atoms with E-state index in [-0.39, 0.29) is 11.3 Å². The molecule has 3 rings (SSSR count). The summed E-state index contributed by atoms with van der Waals surface area (Å²) in [6.45, 7) is 11.4. The van der Waals surface area contributed by atoms with Gasteiger partial charge in [-0.05, 0) is 48.6 Å². The number of ether oxygens (including phenoxy) is 2. The first-order valence-corrected chi connectivity index (χ1v) is 9.01. The number of nitrogens with one attached hydrogen (secondary N) is 1. The molecule has 0 radical (unpaired) electrons. The maximum Gasteiger partial charge on any atom is 0.234 e. The molecule has 4 heteroatoms. The third-order valence-corrected chi connectivity index (χ3v) is 4.81. The number of benzene rings is 2. The van der Waals surface area contributed by atoms with Crippen LogP contribution in [-0.4, -0.2) is 19.1 Å². The molecule has 0 saturated heterocycles. The summed E-state index contributed by atoms with van der Waals surface area (Å²) >= 11 is 0. The van der Waals surface area contributed by atoms with Gasteiger partial charge in [0.15, 0.2) is 11.5 Å². The quantitative estimate of drug-likeness (QED) is 0.872. The molecule has 0 aromatic heterocycles. The molecule has 2 aromatic carbocycles. The van der Waals surface area contributed by atoms with Crippen molar-refractivity contribution in [2.24, 2.45) is 0 Å². The van der Waals surface area contributed by atoms with Gasteiger partial charge in [-0.2, -0.15) is 0 Å². The number of hydrogen-bond donors (Lipinski definition) is 1. The summed E-state index contributed by atoms with van der Waals surface area (Å²) in [5, 5.41) is 3.12. The number of para-hydroxylation sites is 1. The lowest BCUT2D eigenvalue weighted by molar-refractivity contribution is -0.120. The molecule has 1 N–H and O–H groups in total. The Morgan fingerprint density at radius 3 is 2.27 bits per heavy atom. The van der Waals surface area contributed by atoms with E-state index >= 15 is 0 Å². The van der Waals surface area contributed by atoms with Crippen molar-refractivity contribution in [2.45, 2.75) is 45.4 Å². The van der Waals surface area contributed by atoms with Gasteiger partial charge in [-0.1, -0.05) is 45.0 Å². The first kappa shape index (κ1) is 18.3. The van der Waals surface area contributed by atoms with Crippen molar-refractivity contribution < 1.29 is 14.3 Å². The van der Waals surface area contributed by atoms with Crippen LogP contribution in [0.25, 0.3) is 0 Å². The summed E-state index contributed by atoms with van der Waals surface area (Å²) in [6.07, 6.45) is 0. The van der Waals surface area contributed by atoms with Crippen molar-refractivity contribution in [2.75, 3.05) is 18.5 Å². The highest BCUT2D eigenvalue weighted by Crippen LogP contribution is 2.36. The largest absolute Gasteiger partial charge is 0.486 e. The van der Waals surface area contributed by atoms with E-state index in [1.165, 1.54) is 0 Å². The SMILES string of the molecule is CC(C)(C)c1ccccc1NC(=O)C(C)(C)c1ccc2c(c1)OCCO2. The maximum absolute atomic E-state index is 13.1. The summed E-state index contributed by atoms with van der Waals surface area (Å²) in [7, 11) is 0. The number of hydrogen-bond acceptors (Lipinski definition) is 3. The number of carbonyl (C=O) groups is 1. The van der Waals surface area contributed by atoms with E-state index in [0.29, 0.717) is 19.0 Å². The Labute approximate surface area is 155 Å². The fraction of sp³-hybridized carbons (Fsp3) is 0.409. The molecule has 4 nitrogen and oxygen atoms in total. The highest BCUT2D eigenvalue weighted by molar-refractivity contribution is 5.99. The number of carbonyl (C=O) groups excluding carboxylic acids is 1. The van der Waals surface area contributed by atoms with Crippen molar-refractivity contribution in [1.29, 1.82) is 0 Å². The van der Waals surface area contributed by atoms with Crippen molar-refractivity contribution in [3.8, 4) is 11.5 Å². The molecule has 26 heavy (non-hydrogen) atoms. The van der Waals surface area contributed by atoms with Crippen molar-refractivity contribution in [1.82, 2.24) is 0 Å². The predicted octanol–water partition coefficient (Wildman–Crippen LogP) is 4.67. The molecular formula is C22H27NO3. The lowest BCUT2D eigenvalue weighted by atomic mass is 9.82. The van der Waals surface area contributed by atoms with E-state index < -0.39 is 5.41 Å². The molecule has 0 spiro atoms. The summed E-state index contributed by atoms with van der Waals surface area (Å²) in [5.74, 6) is 1.38. The van der Waals surface area contributed by atoms with Gasteiger partial charge in [0, 0.05) is 5.69 Å². The Balaban J connectivity index is 1.88. The minimum absolute atomic E-state index is 0.0501. The van der Waals surface area contributed by atoms with E-state index in [9.17, 15) is 4.79 Å². The average molecular weight is 353 g/mol. The molecule has 1 aliphatic rings. The lowest BCUT2D eigenvalue weighted by Crippen LogP contribution is -2.35. The van der Waals surface area contributed by atoms with Crippen LogP contribution in [0.5, 0.6) is 11.5 Å². The van der Waals surface area contributed by atoms with Crippen LogP contribution in [0.2, 0.25) is 0 Å². The van der Waals surface area contributed by atoms with Crippen molar-refractivity contribution in [3.05, 3.63) is 53.6 Å². The molecule has 2 aromatic rings. The summed E-state index contributed by atoms with van der Waals surface area (Å²) in [5.41, 5.74) is 2.11. The Bertz CT molecular complexity index is 818. The van der Waals surface area contributed by atoms with Gasteiger partial charge < -0.3 is 14.8 Å². The van der Waals surface area contributed by atoms with E-state index in [2.05, 4.69) is 32.2 Å². The summed E-state index contributed by atoms with van der Waals surface area (Å²) in [6, 6.07) is 13.7. The maximum atomic E-state index is 13.1. The lowest BCUT2D eigenvalue weighted by Gasteiger charge is -2.28. The van der Waals surface area contributed by atoms with Crippen LogP contribution in [-0.2, 0) is 15.6 Å². The van der Waals surface area contributed by atoms with Gasteiger partial charge >= 0.3 is 0 Å². The first-order valence-electron chi connectivity index (χ1n) is 9.01. The minimum Gasteiger partial charge on any atom is -0.486 e. The van der Waals surface area contributed by atoms with Gasteiger partial charge in [-0.3, -0.25) is 4.79 Å². The molecule has 0 fully saturated rings. The van der Waals surface area contributed by atoms with Crippen LogP contribution in [0.15, 0.2) is 42.5 Å². The Hall–Kier alpha value is -2.49. The van der Waals surface area contributed by atoms with Crippen LogP contribution < -0.4 is 14.8 Å². The van der Waals surface area contributed by atoms with Crippen molar-refractivity contribution in [3.63, 3.8) is 0 Å². The third kappa shape index (κ3) is 3.55. The van der Waals surface area contributed by atoms with Gasteiger partial charge in [0.25, 0.3) is 0 Å². The molecule has 0 atom stereocenters. The Morgan fingerprint density at radius 2 is 1.58 bits per heavy atom. The van der Waals surface area contributed by atoms with Crippen LogP contribution >= 0.6 is 0 Å². The summed E-state index contributed by atoms with van der Waals surface area (Å²) < 4.78 is 11.2. The van der Waals surface area contributed by atoms with Crippen LogP contribution in [0.1, 0.15) is 45.7 Å². The molecule has 138 valence electrons. The molecule has 1 aliphatic heterocycles. The second-order valence-corrected chi connectivity index (χ2v) is 8.23. The van der Waals surface area contributed by atoms with Gasteiger partial charge in [-0.15, -0.1) is 0 Å². The number of amides is 1. The zero-order valence-corrected chi connectivity index (χ0v) is 16.2. The molecule has 0 aliphatic carbocycles. The van der Waals surface area contributed by atoms with E-state index in [4.69, 9.17) is 9.47 Å². The van der Waals surface area contributed by atoms with E-state index in [0.717, 1.165) is 22.6 Å². The highest BCUT2D eigenvalue weighted by Gasteiger charge is 2.32. The molecule has 0 bridgehead atoms. The standard InChI is InChI=1S/C22H27NO3/c1-21(2,3)16-8-6-7-9-17(16)23-20(24)22(4,5)15-10-11-18-19(14-15)26-13-12-25-18/h6-11,14H,12-13H2,1-5H3,(H,23,24).